The highest BCUT2D eigenvalue weighted by Gasteiger charge is 2.22. The van der Waals surface area contributed by atoms with Crippen LogP contribution in [0.15, 0.2) is 22.0 Å². The van der Waals surface area contributed by atoms with E-state index in [4.69, 9.17) is 10.5 Å². The monoisotopic (exact) mass is 453 g/mol. The molecule has 0 saturated heterocycles. The maximum Gasteiger partial charge on any atom is 0.170 e. The number of ether oxygens (including phenoxy) is 1. The molecule has 3 aromatic heterocycles. The molecule has 1 aliphatic carbocycles. The van der Waals surface area contributed by atoms with E-state index in [9.17, 15) is 0 Å². The van der Waals surface area contributed by atoms with Crippen molar-refractivity contribution in [2.45, 2.75) is 44.4 Å². The first-order chi connectivity index (χ1) is 12.7. The van der Waals surface area contributed by atoms with Crippen LogP contribution in [0.2, 0.25) is 0 Å². The van der Waals surface area contributed by atoms with Gasteiger partial charge in [0.1, 0.15) is 10.2 Å². The minimum Gasteiger partial charge on any atom is -0.378 e. The van der Waals surface area contributed by atoms with Gasteiger partial charge in [-0.05, 0) is 58.3 Å². The molecule has 1 saturated carbocycles. The van der Waals surface area contributed by atoms with Crippen LogP contribution in [0.5, 0.6) is 0 Å². The van der Waals surface area contributed by atoms with Gasteiger partial charge in [-0.25, -0.2) is 0 Å². The average molecular weight is 454 g/mol. The van der Waals surface area contributed by atoms with Crippen molar-refractivity contribution in [2.24, 2.45) is 5.73 Å². The Hall–Kier alpha value is -1.13. The molecule has 9 heteroatoms. The van der Waals surface area contributed by atoms with Crippen LogP contribution in [0, 0.1) is 0 Å². The van der Waals surface area contributed by atoms with Crippen molar-refractivity contribution in [1.82, 2.24) is 15.4 Å². The first-order valence-electron chi connectivity index (χ1n) is 8.64. The fourth-order valence-electron chi connectivity index (χ4n) is 2.65. The van der Waals surface area contributed by atoms with Gasteiger partial charge >= 0.3 is 0 Å². The summed E-state index contributed by atoms with van der Waals surface area (Å²) in [7, 11) is 0. The highest BCUT2D eigenvalue weighted by Crippen LogP contribution is 2.38. The van der Waals surface area contributed by atoms with Crippen LogP contribution in [0.4, 0.5) is 5.82 Å². The van der Waals surface area contributed by atoms with Crippen molar-refractivity contribution in [1.29, 1.82) is 0 Å². The summed E-state index contributed by atoms with van der Waals surface area (Å²) in [6.45, 7) is 1.47. The summed E-state index contributed by atoms with van der Waals surface area (Å²) in [5.41, 5.74) is 7.15. The van der Waals surface area contributed by atoms with Crippen LogP contribution in [-0.2, 0) is 17.7 Å². The van der Waals surface area contributed by atoms with E-state index >= 15 is 0 Å². The lowest BCUT2D eigenvalue weighted by molar-refractivity contribution is 0.113. The van der Waals surface area contributed by atoms with Gasteiger partial charge in [-0.3, -0.25) is 0 Å². The second-order valence-electron chi connectivity index (χ2n) is 6.41. The molecule has 1 aliphatic rings. The number of nitrogens with two attached hydrogens (primary N) is 1. The minimum absolute atomic E-state index is 0.0709. The average Bonchev–Trinajstić information content (AvgIpc) is 3.20. The number of fused-ring (bicyclic) bond motifs is 1. The van der Waals surface area contributed by atoms with Gasteiger partial charge in [0.25, 0.3) is 0 Å². The van der Waals surface area contributed by atoms with Gasteiger partial charge in [0, 0.05) is 22.4 Å². The Morgan fingerprint density at radius 1 is 1.38 bits per heavy atom. The minimum atomic E-state index is 0.0709. The first-order valence-corrected chi connectivity index (χ1v) is 11.1. The van der Waals surface area contributed by atoms with Crippen molar-refractivity contribution in [2.75, 3.05) is 11.9 Å². The lowest BCUT2D eigenvalue weighted by atomic mass is 10.1. The molecule has 0 spiro atoms. The van der Waals surface area contributed by atoms with Gasteiger partial charge in [0.15, 0.2) is 5.82 Å². The Morgan fingerprint density at radius 3 is 3.04 bits per heavy atom. The fraction of sp³-hybridized carbons (Fsp3) is 0.471. The van der Waals surface area contributed by atoms with Crippen molar-refractivity contribution in [3.05, 3.63) is 31.7 Å². The van der Waals surface area contributed by atoms with Crippen molar-refractivity contribution in [3.63, 3.8) is 0 Å². The smallest absolute Gasteiger partial charge is 0.170 e. The van der Waals surface area contributed by atoms with E-state index in [0.29, 0.717) is 6.10 Å². The molecule has 0 radical (unpaired) electrons. The number of nitrogens with zero attached hydrogens (tertiary/aromatic N) is 3. The Bertz CT molecular complexity index is 866. The second kappa shape index (κ2) is 8.26. The van der Waals surface area contributed by atoms with Gasteiger partial charge < -0.3 is 15.8 Å². The highest BCUT2D eigenvalue weighted by molar-refractivity contribution is 9.10. The summed E-state index contributed by atoms with van der Waals surface area (Å²) in [5.74, 6) is 0.769. The van der Waals surface area contributed by atoms with Gasteiger partial charge in [-0.1, -0.05) is 6.07 Å². The summed E-state index contributed by atoms with van der Waals surface area (Å²) in [5, 5.41) is 17.7. The molecule has 4 rings (SSSR count). The molecule has 0 unspecified atom stereocenters. The Balaban J connectivity index is 1.45. The van der Waals surface area contributed by atoms with Crippen LogP contribution < -0.4 is 11.1 Å². The second-order valence-corrected chi connectivity index (χ2v) is 9.34. The van der Waals surface area contributed by atoms with Crippen molar-refractivity contribution < 1.29 is 4.74 Å². The number of hydrogen-bond acceptors (Lipinski definition) is 8. The summed E-state index contributed by atoms with van der Waals surface area (Å²) < 4.78 is 7.70. The molecular formula is C17H20BrN5OS2. The Kier molecular flexibility index (Phi) is 5.80. The van der Waals surface area contributed by atoms with Crippen molar-refractivity contribution in [3.8, 4) is 0 Å². The van der Waals surface area contributed by atoms with Crippen molar-refractivity contribution >= 4 is 54.6 Å². The zero-order valence-corrected chi connectivity index (χ0v) is 17.4. The quantitative estimate of drug-likeness (QED) is 0.509. The molecule has 138 valence electrons. The molecule has 6 nitrogen and oxygen atoms in total. The van der Waals surface area contributed by atoms with E-state index in [1.807, 2.05) is 6.07 Å². The molecule has 1 atom stereocenters. The SMILES string of the molecule is N[C@@H](CCOC1CC1)Cc1sc2c(NCc3cccs3)nnnc2c1Br. The molecule has 3 aromatic rings. The van der Waals surface area contributed by atoms with Crippen LogP contribution in [-0.4, -0.2) is 34.2 Å². The molecular weight excluding hydrogens is 434 g/mol. The molecule has 0 aromatic carbocycles. The number of rotatable bonds is 9. The number of nitrogens with one attached hydrogen (secondary N) is 1. The summed E-state index contributed by atoms with van der Waals surface area (Å²) in [4.78, 5) is 2.44. The van der Waals surface area contributed by atoms with Crippen LogP contribution in [0.1, 0.15) is 29.0 Å². The molecule has 3 heterocycles. The third-order valence-electron chi connectivity index (χ3n) is 4.22. The van der Waals surface area contributed by atoms with Gasteiger partial charge in [0.2, 0.25) is 0 Å². The standard InChI is InChI=1S/C17H20BrN5OS2/c18-14-13(8-10(19)5-6-24-11-3-4-11)26-16-15(14)21-23-22-17(16)20-9-12-2-1-7-25-12/h1-2,7,10-11H,3-6,8-9,19H2,(H,20,21,22)/t10-/m0/s1. The summed E-state index contributed by atoms with van der Waals surface area (Å²) in [6.07, 6.45) is 4.54. The maximum absolute atomic E-state index is 6.30. The molecule has 0 bridgehead atoms. The van der Waals surface area contributed by atoms with Gasteiger partial charge in [0.05, 0.1) is 17.1 Å². The Labute approximate surface area is 168 Å². The van der Waals surface area contributed by atoms with E-state index < -0.39 is 0 Å². The molecule has 1 fully saturated rings. The number of halogens is 1. The number of hydrogen-bond donors (Lipinski definition) is 2. The van der Waals surface area contributed by atoms with E-state index in [1.165, 1.54) is 22.6 Å². The van der Waals surface area contributed by atoms with E-state index in [-0.39, 0.29) is 6.04 Å². The summed E-state index contributed by atoms with van der Waals surface area (Å²) >= 11 is 7.07. The molecule has 26 heavy (non-hydrogen) atoms. The lowest BCUT2D eigenvalue weighted by Crippen LogP contribution is -2.24. The molecule has 3 N–H and O–H groups in total. The van der Waals surface area contributed by atoms with E-state index in [2.05, 4.69) is 48.1 Å². The van der Waals surface area contributed by atoms with Crippen LogP contribution in [0.3, 0.4) is 0 Å². The fourth-order valence-corrected chi connectivity index (χ4v) is 5.28. The number of thiophene rings is 2. The predicted molar refractivity (Wildman–Crippen MR) is 110 cm³/mol. The first kappa shape index (κ1) is 18.2. The largest absolute Gasteiger partial charge is 0.378 e. The molecule has 0 aliphatic heterocycles. The number of anilines is 1. The third kappa shape index (κ3) is 4.40. The maximum atomic E-state index is 6.30. The Morgan fingerprint density at radius 2 is 2.27 bits per heavy atom. The van der Waals surface area contributed by atoms with Gasteiger partial charge in [-0.15, -0.1) is 32.9 Å². The van der Waals surface area contributed by atoms with E-state index in [1.54, 1.807) is 22.7 Å². The lowest BCUT2D eigenvalue weighted by Gasteiger charge is -2.10. The number of aromatic nitrogens is 3. The zero-order valence-electron chi connectivity index (χ0n) is 14.2. The normalized spacial score (nSPS) is 15.5. The summed E-state index contributed by atoms with van der Waals surface area (Å²) in [6, 6.07) is 4.22. The highest BCUT2D eigenvalue weighted by atomic mass is 79.9. The van der Waals surface area contributed by atoms with Crippen LogP contribution in [0.25, 0.3) is 10.2 Å². The zero-order chi connectivity index (χ0) is 17.9. The van der Waals surface area contributed by atoms with E-state index in [0.717, 1.165) is 46.5 Å². The topological polar surface area (TPSA) is 86.0 Å². The predicted octanol–water partition coefficient (Wildman–Crippen LogP) is 3.96. The molecule has 0 amide bonds. The third-order valence-corrected chi connectivity index (χ3v) is 7.42. The van der Waals surface area contributed by atoms with Gasteiger partial charge in [-0.2, -0.15) is 0 Å². The van der Waals surface area contributed by atoms with Crippen LogP contribution >= 0.6 is 38.6 Å².